The number of sulfone groups is 1. The average Bonchev–Trinajstić information content (AvgIpc) is 2.47. The van der Waals surface area contributed by atoms with E-state index in [1.807, 2.05) is 0 Å². The van der Waals surface area contributed by atoms with Crippen LogP contribution in [0.4, 0.5) is 13.2 Å². The third-order valence-corrected chi connectivity index (χ3v) is 5.52. The van der Waals surface area contributed by atoms with Gasteiger partial charge >= 0.3 is 6.18 Å². The molecule has 112 valence electrons. The molecule has 0 radical (unpaired) electrons. The lowest BCUT2D eigenvalue weighted by Gasteiger charge is -2.20. The fourth-order valence-electron chi connectivity index (χ4n) is 2.44. The van der Waals surface area contributed by atoms with Crippen molar-refractivity contribution in [2.24, 2.45) is 0 Å². The van der Waals surface area contributed by atoms with E-state index in [0.717, 1.165) is 6.07 Å². The summed E-state index contributed by atoms with van der Waals surface area (Å²) in [6.45, 7) is 2.96. The van der Waals surface area contributed by atoms with Gasteiger partial charge in [-0.25, -0.2) is 8.42 Å². The first-order valence-electron chi connectivity index (χ1n) is 6.08. The van der Waals surface area contributed by atoms with Crippen LogP contribution in [-0.4, -0.2) is 24.4 Å². The van der Waals surface area contributed by atoms with E-state index in [0.29, 0.717) is 11.6 Å². The van der Waals surface area contributed by atoms with Gasteiger partial charge in [0, 0.05) is 0 Å². The van der Waals surface area contributed by atoms with Crippen molar-refractivity contribution in [3.8, 4) is 0 Å². The molecule has 0 amide bonds. The maximum Gasteiger partial charge on any atom is 0.416 e. The quantitative estimate of drug-likeness (QED) is 0.913. The molecule has 1 heterocycles. The Morgan fingerprint density at radius 1 is 1.30 bits per heavy atom. The molecule has 0 saturated heterocycles. The van der Waals surface area contributed by atoms with E-state index in [-0.39, 0.29) is 17.7 Å². The number of fused-ring (bicyclic) bond motifs is 1. The first kappa shape index (κ1) is 15.3. The molecule has 3 nitrogen and oxygen atoms in total. The molecule has 1 aromatic rings. The highest BCUT2D eigenvalue weighted by molar-refractivity contribution is 7.92. The Balaban J connectivity index is 2.44. The summed E-state index contributed by atoms with van der Waals surface area (Å²) in [6.07, 6.45) is -4.44. The lowest BCUT2D eigenvalue weighted by molar-refractivity contribution is -0.137. The number of aliphatic hydroxyl groups is 1. The minimum atomic E-state index is -4.57. The third kappa shape index (κ3) is 2.83. The van der Waals surface area contributed by atoms with Crippen molar-refractivity contribution < 1.29 is 26.7 Å². The lowest BCUT2D eigenvalue weighted by atomic mass is 9.98. The van der Waals surface area contributed by atoms with Gasteiger partial charge in [0.1, 0.15) is 0 Å². The Morgan fingerprint density at radius 3 is 2.40 bits per heavy atom. The van der Waals surface area contributed by atoms with E-state index >= 15 is 0 Å². The minimum absolute atomic E-state index is 0.00857. The summed E-state index contributed by atoms with van der Waals surface area (Å²) in [4.78, 5) is -0.262. The van der Waals surface area contributed by atoms with Crippen LogP contribution in [0.2, 0.25) is 0 Å². The van der Waals surface area contributed by atoms with Crippen LogP contribution >= 0.6 is 0 Å². The molecular weight excluding hydrogens is 293 g/mol. The molecule has 2 rings (SSSR count). The van der Waals surface area contributed by atoms with Gasteiger partial charge in [0.2, 0.25) is 0 Å². The number of benzene rings is 1. The Morgan fingerprint density at radius 2 is 1.90 bits per heavy atom. The molecule has 1 N–H and O–H groups in total. The summed E-state index contributed by atoms with van der Waals surface area (Å²) in [5, 5.41) is 8.85. The molecule has 0 aliphatic carbocycles. The smallest absolute Gasteiger partial charge is 0.390 e. The van der Waals surface area contributed by atoms with Gasteiger partial charge in [0.15, 0.2) is 9.84 Å². The SMILES string of the molecule is CC(C)(O)CC1Cc2ccc(C(F)(F)F)cc2S1(=O)=O. The molecule has 7 heteroatoms. The Hall–Kier alpha value is -1.08. The summed E-state index contributed by atoms with van der Waals surface area (Å²) in [5.74, 6) is 0. The number of rotatable bonds is 2. The van der Waals surface area contributed by atoms with Gasteiger partial charge in [-0.05, 0) is 44.4 Å². The van der Waals surface area contributed by atoms with Gasteiger partial charge in [-0.2, -0.15) is 13.2 Å². The van der Waals surface area contributed by atoms with Crippen LogP contribution in [0.15, 0.2) is 23.1 Å². The molecule has 1 aliphatic heterocycles. The van der Waals surface area contributed by atoms with Crippen LogP contribution in [-0.2, 0) is 22.4 Å². The topological polar surface area (TPSA) is 54.4 Å². The predicted octanol–water partition coefficient (Wildman–Crippen LogP) is 2.56. The molecular formula is C13H15F3O3S. The van der Waals surface area contributed by atoms with Gasteiger partial charge < -0.3 is 5.11 Å². The van der Waals surface area contributed by atoms with Crippen LogP contribution in [0.5, 0.6) is 0 Å². The largest absolute Gasteiger partial charge is 0.416 e. The summed E-state index contributed by atoms with van der Waals surface area (Å²) in [6, 6.07) is 2.79. The molecule has 0 fully saturated rings. The number of hydrogen-bond donors (Lipinski definition) is 1. The predicted molar refractivity (Wildman–Crippen MR) is 67.0 cm³/mol. The number of hydrogen-bond acceptors (Lipinski definition) is 3. The first-order chi connectivity index (χ1) is 8.91. The van der Waals surface area contributed by atoms with Crippen molar-refractivity contribution in [3.05, 3.63) is 29.3 Å². The lowest BCUT2D eigenvalue weighted by Crippen LogP contribution is -2.30. The van der Waals surface area contributed by atoms with Gasteiger partial charge in [-0.1, -0.05) is 6.07 Å². The second-order valence-electron chi connectivity index (χ2n) is 5.71. The maximum absolute atomic E-state index is 12.6. The second-order valence-corrected chi connectivity index (χ2v) is 7.90. The Labute approximate surface area is 115 Å². The molecule has 0 saturated carbocycles. The van der Waals surface area contributed by atoms with Gasteiger partial charge in [0.05, 0.1) is 21.3 Å². The summed E-state index contributed by atoms with van der Waals surface area (Å²) >= 11 is 0. The zero-order chi connectivity index (χ0) is 15.3. The fraction of sp³-hybridized carbons (Fsp3) is 0.538. The molecule has 0 bridgehead atoms. The van der Waals surface area contributed by atoms with Gasteiger partial charge in [0.25, 0.3) is 0 Å². The van der Waals surface area contributed by atoms with E-state index in [1.165, 1.54) is 19.9 Å². The number of alkyl halides is 3. The minimum Gasteiger partial charge on any atom is -0.390 e. The van der Waals surface area contributed by atoms with Crippen LogP contribution in [0, 0.1) is 0 Å². The molecule has 0 spiro atoms. The third-order valence-electron chi connectivity index (χ3n) is 3.31. The first-order valence-corrected chi connectivity index (χ1v) is 7.62. The van der Waals surface area contributed by atoms with Crippen molar-refractivity contribution in [1.29, 1.82) is 0 Å². The second kappa shape index (κ2) is 4.46. The Kier molecular flexibility index (Phi) is 3.41. The molecule has 20 heavy (non-hydrogen) atoms. The van der Waals surface area contributed by atoms with Crippen molar-refractivity contribution >= 4 is 9.84 Å². The van der Waals surface area contributed by atoms with E-state index in [1.54, 1.807) is 0 Å². The monoisotopic (exact) mass is 308 g/mol. The van der Waals surface area contributed by atoms with Crippen LogP contribution in [0.1, 0.15) is 31.4 Å². The molecule has 1 unspecified atom stereocenters. The van der Waals surface area contributed by atoms with Crippen LogP contribution in [0.3, 0.4) is 0 Å². The fourth-order valence-corrected chi connectivity index (χ4v) is 4.63. The average molecular weight is 308 g/mol. The van der Waals surface area contributed by atoms with Crippen molar-refractivity contribution in [2.45, 2.75) is 48.6 Å². The van der Waals surface area contributed by atoms with E-state index in [9.17, 15) is 26.7 Å². The van der Waals surface area contributed by atoms with Crippen LogP contribution in [0.25, 0.3) is 0 Å². The van der Waals surface area contributed by atoms with E-state index < -0.39 is 32.4 Å². The summed E-state index contributed by atoms with van der Waals surface area (Å²) in [5.41, 5.74) is -1.77. The normalized spacial score (nSPS) is 21.8. The molecule has 1 aliphatic rings. The highest BCUT2D eigenvalue weighted by Gasteiger charge is 2.41. The van der Waals surface area contributed by atoms with Crippen LogP contribution < -0.4 is 0 Å². The highest BCUT2D eigenvalue weighted by Crippen LogP contribution is 2.39. The van der Waals surface area contributed by atoms with E-state index in [2.05, 4.69) is 0 Å². The molecule has 1 aromatic carbocycles. The molecule has 1 atom stereocenters. The van der Waals surface area contributed by atoms with E-state index in [4.69, 9.17) is 0 Å². The zero-order valence-electron chi connectivity index (χ0n) is 11.0. The van der Waals surface area contributed by atoms with Gasteiger partial charge in [-0.15, -0.1) is 0 Å². The Bertz CT molecular complexity index is 627. The standard InChI is InChI=1S/C13H15F3O3S/c1-12(2,17)7-10-5-8-3-4-9(13(14,15)16)6-11(8)20(10,18)19/h3-4,6,10,17H,5,7H2,1-2H3. The summed E-state index contributed by atoms with van der Waals surface area (Å²) in [7, 11) is -3.82. The van der Waals surface area contributed by atoms with Crippen molar-refractivity contribution in [2.75, 3.05) is 0 Å². The zero-order valence-corrected chi connectivity index (χ0v) is 11.8. The van der Waals surface area contributed by atoms with Gasteiger partial charge in [-0.3, -0.25) is 0 Å². The van der Waals surface area contributed by atoms with Crippen molar-refractivity contribution in [3.63, 3.8) is 0 Å². The number of halogens is 3. The molecule has 0 aromatic heterocycles. The van der Waals surface area contributed by atoms with Crippen molar-refractivity contribution in [1.82, 2.24) is 0 Å². The highest BCUT2D eigenvalue weighted by atomic mass is 32.2. The summed E-state index contributed by atoms with van der Waals surface area (Å²) < 4.78 is 62.5. The maximum atomic E-state index is 12.6.